The van der Waals surface area contributed by atoms with E-state index in [1.807, 2.05) is 25.1 Å². The number of carbonyl (C=O) groups is 1. The topological polar surface area (TPSA) is 53.1 Å². The standard InChI is InChI=1S/C12H8BrNO2S/c1-5-9-7-4-6(13)2-3-8(7)14-11(9)17-10(5)12(15)16/h2-4,14H,1H3,(H,15,16). The summed E-state index contributed by atoms with van der Waals surface area (Å²) in [6.45, 7) is 1.86. The van der Waals surface area contributed by atoms with E-state index in [0.717, 1.165) is 31.2 Å². The Labute approximate surface area is 109 Å². The van der Waals surface area contributed by atoms with Crippen LogP contribution in [-0.2, 0) is 0 Å². The zero-order valence-corrected chi connectivity index (χ0v) is 11.3. The molecule has 2 heterocycles. The molecule has 86 valence electrons. The van der Waals surface area contributed by atoms with Gasteiger partial charge in [0.25, 0.3) is 0 Å². The average molecular weight is 310 g/mol. The largest absolute Gasteiger partial charge is 0.477 e. The number of nitrogens with one attached hydrogen (secondary N) is 1. The number of aromatic amines is 1. The maximum atomic E-state index is 11.1. The lowest BCUT2D eigenvalue weighted by Crippen LogP contribution is -1.93. The molecular formula is C12H8BrNO2S. The molecule has 2 N–H and O–H groups in total. The second-order valence-electron chi connectivity index (χ2n) is 3.88. The van der Waals surface area contributed by atoms with E-state index in [-0.39, 0.29) is 0 Å². The molecule has 0 spiro atoms. The molecule has 5 heteroatoms. The molecule has 0 atom stereocenters. The van der Waals surface area contributed by atoms with Gasteiger partial charge in [-0.25, -0.2) is 4.79 Å². The molecule has 0 unspecified atom stereocenters. The van der Waals surface area contributed by atoms with Gasteiger partial charge in [0.15, 0.2) is 0 Å². The van der Waals surface area contributed by atoms with Gasteiger partial charge in [0.05, 0.1) is 0 Å². The van der Waals surface area contributed by atoms with E-state index >= 15 is 0 Å². The number of aryl methyl sites for hydroxylation is 1. The number of H-pyrrole nitrogens is 1. The third kappa shape index (κ3) is 1.50. The smallest absolute Gasteiger partial charge is 0.346 e. The number of carboxylic acids is 1. The second-order valence-corrected chi connectivity index (χ2v) is 5.82. The van der Waals surface area contributed by atoms with Gasteiger partial charge in [-0.3, -0.25) is 0 Å². The van der Waals surface area contributed by atoms with Crippen molar-refractivity contribution in [2.45, 2.75) is 6.92 Å². The van der Waals surface area contributed by atoms with Crippen molar-refractivity contribution in [1.82, 2.24) is 4.98 Å². The summed E-state index contributed by atoms with van der Waals surface area (Å²) in [4.78, 5) is 15.7. The van der Waals surface area contributed by atoms with Gasteiger partial charge in [0, 0.05) is 20.8 Å². The highest BCUT2D eigenvalue weighted by atomic mass is 79.9. The summed E-state index contributed by atoms with van der Waals surface area (Å²) in [5.74, 6) is -0.861. The van der Waals surface area contributed by atoms with Gasteiger partial charge in [-0.15, -0.1) is 11.3 Å². The molecule has 1 aromatic carbocycles. The first-order chi connectivity index (χ1) is 8.08. The molecule has 0 radical (unpaired) electrons. The number of carboxylic acid groups (broad SMARTS) is 1. The molecule has 3 nitrogen and oxygen atoms in total. The van der Waals surface area contributed by atoms with Crippen LogP contribution in [-0.4, -0.2) is 16.1 Å². The lowest BCUT2D eigenvalue weighted by molar-refractivity contribution is 0.0701. The summed E-state index contributed by atoms with van der Waals surface area (Å²) in [6.07, 6.45) is 0. The summed E-state index contributed by atoms with van der Waals surface area (Å²) in [5, 5.41) is 11.2. The monoisotopic (exact) mass is 309 g/mol. The maximum Gasteiger partial charge on any atom is 0.346 e. The van der Waals surface area contributed by atoms with E-state index in [4.69, 9.17) is 5.11 Å². The number of benzene rings is 1. The number of hydrogen-bond donors (Lipinski definition) is 2. The summed E-state index contributed by atoms with van der Waals surface area (Å²) < 4.78 is 0.994. The fourth-order valence-electron chi connectivity index (χ4n) is 2.08. The number of aromatic carboxylic acids is 1. The third-order valence-electron chi connectivity index (χ3n) is 2.84. The zero-order chi connectivity index (χ0) is 12.2. The van der Waals surface area contributed by atoms with Crippen molar-refractivity contribution in [1.29, 1.82) is 0 Å². The Balaban J connectivity index is 2.48. The molecule has 0 saturated carbocycles. The molecule has 3 rings (SSSR count). The van der Waals surface area contributed by atoms with Crippen molar-refractivity contribution in [3.05, 3.63) is 33.1 Å². The average Bonchev–Trinajstić information content (AvgIpc) is 2.76. The van der Waals surface area contributed by atoms with Crippen molar-refractivity contribution in [3.63, 3.8) is 0 Å². The van der Waals surface area contributed by atoms with Crippen LogP contribution in [0.25, 0.3) is 21.1 Å². The van der Waals surface area contributed by atoms with Gasteiger partial charge in [-0.1, -0.05) is 15.9 Å². The lowest BCUT2D eigenvalue weighted by atomic mass is 10.1. The van der Waals surface area contributed by atoms with Gasteiger partial charge in [-0.2, -0.15) is 0 Å². The number of rotatable bonds is 1. The van der Waals surface area contributed by atoms with Crippen LogP contribution in [0.5, 0.6) is 0 Å². The first-order valence-electron chi connectivity index (χ1n) is 5.01. The molecule has 3 aromatic rings. The Morgan fingerprint density at radius 2 is 2.24 bits per heavy atom. The minimum Gasteiger partial charge on any atom is -0.477 e. The van der Waals surface area contributed by atoms with Crippen LogP contribution in [0, 0.1) is 6.92 Å². The number of halogens is 1. The molecule has 0 aliphatic heterocycles. The Bertz CT molecular complexity index is 757. The summed E-state index contributed by atoms with van der Waals surface area (Å²) in [7, 11) is 0. The predicted molar refractivity (Wildman–Crippen MR) is 73.1 cm³/mol. The van der Waals surface area contributed by atoms with Gasteiger partial charge in [-0.05, 0) is 30.7 Å². The SMILES string of the molecule is Cc1c(C(=O)O)sc2[nH]c3ccc(Br)cc3c12. The molecule has 17 heavy (non-hydrogen) atoms. The van der Waals surface area contributed by atoms with Gasteiger partial charge < -0.3 is 10.1 Å². The molecule has 0 fully saturated rings. The van der Waals surface area contributed by atoms with E-state index < -0.39 is 5.97 Å². The normalized spacial score (nSPS) is 11.4. The quantitative estimate of drug-likeness (QED) is 0.709. The second kappa shape index (κ2) is 3.58. The van der Waals surface area contributed by atoms with Crippen LogP contribution in [0.2, 0.25) is 0 Å². The minimum atomic E-state index is -0.861. The van der Waals surface area contributed by atoms with Crippen LogP contribution < -0.4 is 0 Å². The molecule has 0 aliphatic rings. The fourth-order valence-corrected chi connectivity index (χ4v) is 3.52. The van der Waals surface area contributed by atoms with Gasteiger partial charge >= 0.3 is 5.97 Å². The number of hydrogen-bond acceptors (Lipinski definition) is 2. The Morgan fingerprint density at radius 3 is 2.94 bits per heavy atom. The van der Waals surface area contributed by atoms with E-state index in [2.05, 4.69) is 20.9 Å². The molecule has 0 amide bonds. The zero-order valence-electron chi connectivity index (χ0n) is 8.87. The molecular weight excluding hydrogens is 302 g/mol. The Hall–Kier alpha value is -1.33. The van der Waals surface area contributed by atoms with Gasteiger partial charge in [0.2, 0.25) is 0 Å². The first kappa shape index (κ1) is 10.8. The minimum absolute atomic E-state index is 0.410. The first-order valence-corrected chi connectivity index (χ1v) is 6.62. The van der Waals surface area contributed by atoms with Crippen LogP contribution in [0.15, 0.2) is 22.7 Å². The van der Waals surface area contributed by atoms with Crippen molar-refractivity contribution < 1.29 is 9.90 Å². The number of thiophene rings is 1. The Kier molecular flexibility index (Phi) is 2.27. The molecule has 0 aliphatic carbocycles. The lowest BCUT2D eigenvalue weighted by Gasteiger charge is -1.94. The predicted octanol–water partition coefficient (Wildman–Crippen LogP) is 4.15. The summed E-state index contributed by atoms with van der Waals surface area (Å²) >= 11 is 4.73. The third-order valence-corrected chi connectivity index (χ3v) is 4.53. The van der Waals surface area contributed by atoms with Crippen LogP contribution in [0.4, 0.5) is 0 Å². The number of aromatic nitrogens is 1. The summed E-state index contributed by atoms with van der Waals surface area (Å²) in [6, 6.07) is 5.97. The highest BCUT2D eigenvalue weighted by molar-refractivity contribution is 9.10. The van der Waals surface area contributed by atoms with Crippen molar-refractivity contribution in [2.24, 2.45) is 0 Å². The van der Waals surface area contributed by atoms with E-state index in [9.17, 15) is 4.79 Å². The molecule has 0 saturated heterocycles. The van der Waals surface area contributed by atoms with E-state index in [0.29, 0.717) is 4.88 Å². The molecule has 2 aromatic heterocycles. The summed E-state index contributed by atoms with van der Waals surface area (Å²) in [5.41, 5.74) is 1.87. The van der Waals surface area contributed by atoms with Crippen LogP contribution in [0.3, 0.4) is 0 Å². The van der Waals surface area contributed by atoms with Crippen molar-refractivity contribution in [2.75, 3.05) is 0 Å². The highest BCUT2D eigenvalue weighted by Crippen LogP contribution is 2.37. The van der Waals surface area contributed by atoms with Gasteiger partial charge in [0.1, 0.15) is 9.71 Å². The van der Waals surface area contributed by atoms with Crippen LogP contribution in [0.1, 0.15) is 15.2 Å². The fraction of sp³-hybridized carbons (Fsp3) is 0.0833. The van der Waals surface area contributed by atoms with E-state index in [1.165, 1.54) is 11.3 Å². The number of fused-ring (bicyclic) bond motifs is 3. The highest BCUT2D eigenvalue weighted by Gasteiger charge is 2.18. The van der Waals surface area contributed by atoms with E-state index in [1.54, 1.807) is 0 Å². The van der Waals surface area contributed by atoms with Crippen molar-refractivity contribution >= 4 is 54.4 Å². The Morgan fingerprint density at radius 1 is 1.47 bits per heavy atom. The molecule has 0 bridgehead atoms. The van der Waals surface area contributed by atoms with Crippen LogP contribution >= 0.6 is 27.3 Å². The van der Waals surface area contributed by atoms with Crippen molar-refractivity contribution in [3.8, 4) is 0 Å². The maximum absolute atomic E-state index is 11.1.